The highest BCUT2D eigenvalue weighted by molar-refractivity contribution is 5.03. The van der Waals surface area contributed by atoms with Crippen LogP contribution in [0.5, 0.6) is 0 Å². The summed E-state index contributed by atoms with van der Waals surface area (Å²) in [6.07, 6.45) is 6.14. The largest absolute Gasteiger partial charge is 0.314 e. The van der Waals surface area contributed by atoms with E-state index in [0.717, 1.165) is 25.3 Å². The van der Waals surface area contributed by atoms with Crippen molar-refractivity contribution in [3.63, 3.8) is 0 Å². The molecule has 1 saturated heterocycles. The van der Waals surface area contributed by atoms with Crippen LogP contribution in [0, 0.1) is 0 Å². The van der Waals surface area contributed by atoms with E-state index in [0.29, 0.717) is 12.1 Å². The van der Waals surface area contributed by atoms with Gasteiger partial charge >= 0.3 is 0 Å². The molecule has 3 heterocycles. The predicted molar refractivity (Wildman–Crippen MR) is 79.6 cm³/mol. The first kappa shape index (κ1) is 14.0. The fourth-order valence-electron chi connectivity index (χ4n) is 3.57. The van der Waals surface area contributed by atoms with Crippen molar-refractivity contribution < 1.29 is 0 Å². The summed E-state index contributed by atoms with van der Waals surface area (Å²) in [6, 6.07) is 1.54. The van der Waals surface area contributed by atoms with Gasteiger partial charge in [-0.15, -0.1) is 10.2 Å². The van der Waals surface area contributed by atoms with E-state index in [-0.39, 0.29) is 6.04 Å². The molecule has 3 atom stereocenters. The van der Waals surface area contributed by atoms with Crippen molar-refractivity contribution in [1.82, 2.24) is 25.0 Å². The number of likely N-dealkylation sites (N-methyl/N-ethyl adjacent to an activating group) is 1. The van der Waals surface area contributed by atoms with Crippen molar-refractivity contribution in [1.29, 1.82) is 0 Å². The normalized spacial score (nSPS) is 29.1. The van der Waals surface area contributed by atoms with Gasteiger partial charge in [0.15, 0.2) is 0 Å². The van der Waals surface area contributed by atoms with E-state index in [1.54, 1.807) is 0 Å². The van der Waals surface area contributed by atoms with Crippen molar-refractivity contribution in [2.75, 3.05) is 13.6 Å². The quantitative estimate of drug-likeness (QED) is 0.914. The Bertz CT molecular complexity index is 445. The van der Waals surface area contributed by atoms with Crippen LogP contribution < -0.4 is 5.32 Å². The van der Waals surface area contributed by atoms with Gasteiger partial charge in [0.2, 0.25) is 0 Å². The maximum absolute atomic E-state index is 4.46. The summed E-state index contributed by atoms with van der Waals surface area (Å²) >= 11 is 0. The van der Waals surface area contributed by atoms with Crippen molar-refractivity contribution in [2.24, 2.45) is 0 Å². The highest BCUT2D eigenvalue weighted by Gasteiger charge is 2.28. The SMILES string of the molecule is CC(NC1CC(C)N(C)C1)c1nnc2n1CCCCC2. The summed E-state index contributed by atoms with van der Waals surface area (Å²) in [5, 5.41) is 12.6. The van der Waals surface area contributed by atoms with Crippen LogP contribution in [0.3, 0.4) is 0 Å². The molecule has 20 heavy (non-hydrogen) atoms. The van der Waals surface area contributed by atoms with E-state index in [1.807, 2.05) is 0 Å². The number of nitrogens with one attached hydrogen (secondary N) is 1. The van der Waals surface area contributed by atoms with Gasteiger partial charge in [-0.1, -0.05) is 6.42 Å². The summed E-state index contributed by atoms with van der Waals surface area (Å²) < 4.78 is 2.35. The Hall–Kier alpha value is -0.940. The standard InChI is InChI=1S/C15H27N5/c1-11-9-13(10-19(11)3)16-12(2)15-18-17-14-7-5-4-6-8-20(14)15/h11-13,16H,4-10H2,1-3H3. The molecule has 3 rings (SSSR count). The summed E-state index contributed by atoms with van der Waals surface area (Å²) in [6.45, 7) is 6.75. The van der Waals surface area contributed by atoms with Gasteiger partial charge in [0, 0.05) is 31.6 Å². The highest BCUT2D eigenvalue weighted by Crippen LogP contribution is 2.21. The van der Waals surface area contributed by atoms with E-state index in [4.69, 9.17) is 0 Å². The average molecular weight is 277 g/mol. The molecule has 5 heteroatoms. The summed E-state index contributed by atoms with van der Waals surface area (Å²) in [4.78, 5) is 2.43. The number of rotatable bonds is 3. The third-order valence-electron chi connectivity index (χ3n) is 4.90. The molecule has 3 unspecified atom stereocenters. The van der Waals surface area contributed by atoms with E-state index < -0.39 is 0 Å². The molecule has 1 aromatic rings. The molecule has 1 fully saturated rings. The van der Waals surface area contributed by atoms with Gasteiger partial charge < -0.3 is 14.8 Å². The molecule has 0 saturated carbocycles. The molecule has 5 nitrogen and oxygen atoms in total. The van der Waals surface area contributed by atoms with Crippen molar-refractivity contribution in [2.45, 2.75) is 70.6 Å². The minimum atomic E-state index is 0.290. The lowest BCUT2D eigenvalue weighted by Crippen LogP contribution is -2.34. The second-order valence-electron chi connectivity index (χ2n) is 6.55. The number of likely N-dealkylation sites (tertiary alicyclic amines) is 1. The predicted octanol–water partition coefficient (Wildman–Crippen LogP) is 1.75. The molecule has 1 N–H and O–H groups in total. The third kappa shape index (κ3) is 2.74. The molecule has 0 spiro atoms. The molecule has 0 radical (unpaired) electrons. The number of aryl methyl sites for hydroxylation is 1. The van der Waals surface area contributed by atoms with Crippen molar-refractivity contribution in [3.8, 4) is 0 Å². The molecular formula is C15H27N5. The Morgan fingerprint density at radius 3 is 2.85 bits per heavy atom. The lowest BCUT2D eigenvalue weighted by molar-refractivity contribution is 0.324. The average Bonchev–Trinajstić information content (AvgIpc) is 2.85. The lowest BCUT2D eigenvalue weighted by atomic mass is 10.1. The zero-order chi connectivity index (χ0) is 14.1. The summed E-state index contributed by atoms with van der Waals surface area (Å²) in [7, 11) is 2.21. The Kier molecular flexibility index (Phi) is 4.08. The summed E-state index contributed by atoms with van der Waals surface area (Å²) in [5.74, 6) is 2.31. The molecule has 0 bridgehead atoms. The van der Waals surface area contributed by atoms with Crippen molar-refractivity contribution >= 4 is 0 Å². The van der Waals surface area contributed by atoms with Crippen LogP contribution in [-0.2, 0) is 13.0 Å². The van der Waals surface area contributed by atoms with E-state index >= 15 is 0 Å². The first-order valence-corrected chi connectivity index (χ1v) is 8.03. The zero-order valence-corrected chi connectivity index (χ0v) is 13.0. The van der Waals surface area contributed by atoms with Gasteiger partial charge in [-0.2, -0.15) is 0 Å². The topological polar surface area (TPSA) is 46.0 Å². The minimum absolute atomic E-state index is 0.290. The van der Waals surface area contributed by atoms with Crippen molar-refractivity contribution in [3.05, 3.63) is 11.6 Å². The smallest absolute Gasteiger partial charge is 0.149 e. The van der Waals surface area contributed by atoms with Gasteiger partial charge in [0.25, 0.3) is 0 Å². The molecule has 0 amide bonds. The van der Waals surface area contributed by atoms with Gasteiger partial charge in [-0.05, 0) is 40.2 Å². The third-order valence-corrected chi connectivity index (χ3v) is 4.90. The van der Waals surface area contributed by atoms with Crippen LogP contribution in [0.2, 0.25) is 0 Å². The zero-order valence-electron chi connectivity index (χ0n) is 13.0. The fraction of sp³-hybridized carbons (Fsp3) is 0.867. The monoisotopic (exact) mass is 277 g/mol. The van der Waals surface area contributed by atoms with E-state index in [2.05, 4.69) is 45.9 Å². The van der Waals surface area contributed by atoms with Gasteiger partial charge in [-0.3, -0.25) is 0 Å². The number of nitrogens with zero attached hydrogens (tertiary/aromatic N) is 4. The Morgan fingerprint density at radius 2 is 2.10 bits per heavy atom. The van der Waals surface area contributed by atoms with Crippen LogP contribution in [0.15, 0.2) is 0 Å². The van der Waals surface area contributed by atoms with Crippen LogP contribution in [0.25, 0.3) is 0 Å². The lowest BCUT2D eigenvalue weighted by Gasteiger charge is -2.19. The number of aromatic nitrogens is 3. The van der Waals surface area contributed by atoms with Crippen LogP contribution in [0.4, 0.5) is 0 Å². The number of hydrogen-bond donors (Lipinski definition) is 1. The maximum Gasteiger partial charge on any atom is 0.149 e. The first-order chi connectivity index (χ1) is 9.65. The minimum Gasteiger partial charge on any atom is -0.314 e. The van der Waals surface area contributed by atoms with Crippen LogP contribution in [0.1, 0.15) is 57.2 Å². The molecule has 0 aliphatic carbocycles. The molecule has 2 aliphatic heterocycles. The van der Waals surface area contributed by atoms with Gasteiger partial charge in [0.05, 0.1) is 6.04 Å². The van der Waals surface area contributed by atoms with Gasteiger partial charge in [0.1, 0.15) is 11.6 Å². The second kappa shape index (κ2) is 5.82. The number of hydrogen-bond acceptors (Lipinski definition) is 4. The van der Waals surface area contributed by atoms with E-state index in [9.17, 15) is 0 Å². The fourth-order valence-corrected chi connectivity index (χ4v) is 3.57. The molecule has 1 aromatic heterocycles. The number of fused-ring (bicyclic) bond motifs is 1. The molecule has 112 valence electrons. The highest BCUT2D eigenvalue weighted by atomic mass is 15.3. The molecule has 2 aliphatic rings. The maximum atomic E-state index is 4.46. The van der Waals surface area contributed by atoms with Gasteiger partial charge in [-0.25, -0.2) is 0 Å². The van der Waals surface area contributed by atoms with Crippen LogP contribution >= 0.6 is 0 Å². The molecule has 0 aromatic carbocycles. The molecular weight excluding hydrogens is 250 g/mol. The first-order valence-electron chi connectivity index (χ1n) is 8.03. The Labute approximate surface area is 121 Å². The Morgan fingerprint density at radius 1 is 1.25 bits per heavy atom. The summed E-state index contributed by atoms with van der Waals surface area (Å²) in [5.41, 5.74) is 0. The van der Waals surface area contributed by atoms with E-state index in [1.165, 1.54) is 31.5 Å². The Balaban J connectivity index is 1.68. The van der Waals surface area contributed by atoms with Crippen LogP contribution in [-0.4, -0.2) is 45.3 Å². The second-order valence-corrected chi connectivity index (χ2v) is 6.55.